The fraction of sp³-hybridized carbons (Fsp3) is 0.947. The minimum absolute atomic E-state index is 0.0739. The first-order chi connectivity index (χ1) is 10.5. The number of nitrogens with zero attached hydrogens (tertiary/aromatic N) is 2. The van der Waals surface area contributed by atoms with Crippen molar-refractivity contribution in [1.82, 2.24) is 9.80 Å². The molecule has 0 aliphatic carbocycles. The van der Waals surface area contributed by atoms with Crippen LogP contribution in [0.3, 0.4) is 0 Å². The van der Waals surface area contributed by atoms with Gasteiger partial charge in [0, 0.05) is 38.6 Å². The number of ketones is 1. The molecular weight excluding hydrogens is 288 g/mol. The van der Waals surface area contributed by atoms with Crippen molar-refractivity contribution in [3.05, 3.63) is 0 Å². The Hall–Kier alpha value is -0.450. The summed E-state index contributed by atoms with van der Waals surface area (Å²) in [6.07, 6.45) is 1.69. The lowest BCUT2D eigenvalue weighted by atomic mass is 9.89. The van der Waals surface area contributed by atoms with E-state index >= 15 is 0 Å². The second-order valence-electron chi connectivity index (χ2n) is 9.18. The van der Waals surface area contributed by atoms with Gasteiger partial charge in [-0.2, -0.15) is 0 Å². The predicted octanol–water partition coefficient (Wildman–Crippen LogP) is 3.20. The van der Waals surface area contributed by atoms with Gasteiger partial charge in [0.25, 0.3) is 0 Å². The Balaban J connectivity index is 2.26. The summed E-state index contributed by atoms with van der Waals surface area (Å²) in [6.45, 7) is 20.5. The largest absolute Gasteiger partial charge is 0.374 e. The number of piperazine rings is 1. The van der Waals surface area contributed by atoms with E-state index < -0.39 is 0 Å². The van der Waals surface area contributed by atoms with Crippen LogP contribution in [0.2, 0.25) is 0 Å². The maximum atomic E-state index is 12.1. The Kier molecular flexibility index (Phi) is 7.69. The van der Waals surface area contributed by atoms with Crippen molar-refractivity contribution >= 4 is 5.78 Å². The molecule has 1 unspecified atom stereocenters. The molecule has 0 saturated carbocycles. The quantitative estimate of drug-likeness (QED) is 0.719. The van der Waals surface area contributed by atoms with Crippen LogP contribution in [0.1, 0.15) is 61.3 Å². The molecule has 23 heavy (non-hydrogen) atoms. The van der Waals surface area contributed by atoms with E-state index in [1.54, 1.807) is 0 Å². The number of carbonyl (C=O) groups excluding carboxylic acids is 1. The number of ether oxygens (including phenoxy) is 1. The Labute approximate surface area is 143 Å². The molecule has 0 aromatic heterocycles. The van der Waals surface area contributed by atoms with Crippen LogP contribution in [0.15, 0.2) is 0 Å². The second-order valence-corrected chi connectivity index (χ2v) is 9.18. The van der Waals surface area contributed by atoms with Crippen molar-refractivity contribution in [2.24, 2.45) is 5.41 Å². The van der Waals surface area contributed by atoms with Crippen LogP contribution in [-0.4, -0.2) is 66.6 Å². The van der Waals surface area contributed by atoms with Gasteiger partial charge in [-0.15, -0.1) is 0 Å². The van der Waals surface area contributed by atoms with Crippen molar-refractivity contribution in [3.63, 3.8) is 0 Å². The van der Waals surface area contributed by atoms with Gasteiger partial charge in [-0.05, 0) is 39.5 Å². The van der Waals surface area contributed by atoms with E-state index in [1.807, 2.05) is 0 Å². The number of hydrogen-bond donors (Lipinski definition) is 0. The third-order valence-electron chi connectivity index (χ3n) is 4.34. The highest BCUT2D eigenvalue weighted by molar-refractivity contribution is 5.80. The topological polar surface area (TPSA) is 32.8 Å². The molecule has 0 aromatic rings. The average Bonchev–Trinajstić information content (AvgIpc) is 2.42. The Bertz CT molecular complexity index is 361. The van der Waals surface area contributed by atoms with Gasteiger partial charge in [0.1, 0.15) is 5.78 Å². The van der Waals surface area contributed by atoms with Crippen LogP contribution < -0.4 is 0 Å². The van der Waals surface area contributed by atoms with Gasteiger partial charge in [0.05, 0.1) is 18.8 Å². The van der Waals surface area contributed by atoms with Gasteiger partial charge in [-0.1, -0.05) is 20.8 Å². The van der Waals surface area contributed by atoms with Gasteiger partial charge in [-0.25, -0.2) is 0 Å². The lowest BCUT2D eigenvalue weighted by Crippen LogP contribution is -2.52. The summed E-state index contributed by atoms with van der Waals surface area (Å²) in [4.78, 5) is 16.9. The zero-order valence-electron chi connectivity index (χ0n) is 16.4. The molecular formula is C19H38N2O2. The van der Waals surface area contributed by atoms with Crippen molar-refractivity contribution in [3.8, 4) is 0 Å². The molecule has 0 N–H and O–H groups in total. The Morgan fingerprint density at radius 3 is 2.09 bits per heavy atom. The van der Waals surface area contributed by atoms with E-state index in [4.69, 9.17) is 4.74 Å². The van der Waals surface area contributed by atoms with E-state index in [-0.39, 0.29) is 11.0 Å². The van der Waals surface area contributed by atoms with Gasteiger partial charge >= 0.3 is 0 Å². The summed E-state index contributed by atoms with van der Waals surface area (Å²) < 4.78 is 5.89. The summed E-state index contributed by atoms with van der Waals surface area (Å²) in [5, 5.41) is 0. The first-order valence-electron chi connectivity index (χ1n) is 9.08. The number of hydrogen-bond acceptors (Lipinski definition) is 4. The van der Waals surface area contributed by atoms with Crippen LogP contribution in [0.5, 0.6) is 0 Å². The standard InChI is InChI=1S/C19H38N2O2/c1-16(15-23-19(5,6)7)21-12-10-20(11-13-21)14-17(22)8-9-18(2,3)4/h16H,8-15H2,1-7H3. The first kappa shape index (κ1) is 20.6. The second kappa shape index (κ2) is 8.59. The molecule has 0 amide bonds. The van der Waals surface area contributed by atoms with E-state index in [0.29, 0.717) is 24.8 Å². The predicted molar refractivity (Wildman–Crippen MR) is 96.9 cm³/mol. The van der Waals surface area contributed by atoms with Crippen LogP contribution in [-0.2, 0) is 9.53 Å². The minimum Gasteiger partial charge on any atom is -0.374 e. The normalized spacial score (nSPS) is 19.8. The van der Waals surface area contributed by atoms with Crippen molar-refractivity contribution < 1.29 is 9.53 Å². The molecule has 1 saturated heterocycles. The number of rotatable bonds is 7. The van der Waals surface area contributed by atoms with Gasteiger partial charge in [-0.3, -0.25) is 14.6 Å². The van der Waals surface area contributed by atoms with Gasteiger partial charge < -0.3 is 4.74 Å². The highest BCUT2D eigenvalue weighted by atomic mass is 16.5. The molecule has 1 aliphatic rings. The third kappa shape index (κ3) is 9.43. The zero-order chi connectivity index (χ0) is 17.7. The van der Waals surface area contributed by atoms with Gasteiger partial charge in [0.2, 0.25) is 0 Å². The monoisotopic (exact) mass is 326 g/mol. The Morgan fingerprint density at radius 1 is 1.04 bits per heavy atom. The van der Waals surface area contributed by atoms with Crippen molar-refractivity contribution in [2.75, 3.05) is 39.3 Å². The van der Waals surface area contributed by atoms with Crippen molar-refractivity contribution in [2.45, 2.75) is 73.0 Å². The molecule has 0 radical (unpaired) electrons. The summed E-state index contributed by atoms with van der Waals surface area (Å²) in [5.74, 6) is 0.387. The molecule has 136 valence electrons. The highest BCUT2D eigenvalue weighted by Crippen LogP contribution is 2.20. The van der Waals surface area contributed by atoms with E-state index in [9.17, 15) is 4.79 Å². The fourth-order valence-corrected chi connectivity index (χ4v) is 2.68. The van der Waals surface area contributed by atoms with Crippen LogP contribution in [0, 0.1) is 5.41 Å². The van der Waals surface area contributed by atoms with Gasteiger partial charge in [0.15, 0.2) is 0 Å². The molecule has 1 fully saturated rings. The van der Waals surface area contributed by atoms with Crippen LogP contribution >= 0.6 is 0 Å². The van der Waals surface area contributed by atoms with E-state index in [1.165, 1.54) is 0 Å². The lowest BCUT2D eigenvalue weighted by molar-refractivity contribution is -0.121. The molecule has 4 nitrogen and oxygen atoms in total. The smallest absolute Gasteiger partial charge is 0.146 e. The molecule has 1 rings (SSSR count). The minimum atomic E-state index is -0.0739. The average molecular weight is 327 g/mol. The molecule has 0 aromatic carbocycles. The molecule has 1 atom stereocenters. The summed E-state index contributed by atoms with van der Waals surface area (Å²) in [6, 6.07) is 0.438. The van der Waals surface area contributed by atoms with Crippen LogP contribution in [0.25, 0.3) is 0 Å². The third-order valence-corrected chi connectivity index (χ3v) is 4.34. The summed E-state index contributed by atoms with van der Waals surface area (Å²) in [5.41, 5.74) is 0.173. The van der Waals surface area contributed by atoms with E-state index in [0.717, 1.165) is 39.2 Å². The van der Waals surface area contributed by atoms with E-state index in [2.05, 4.69) is 58.3 Å². The maximum Gasteiger partial charge on any atom is 0.146 e. The molecule has 4 heteroatoms. The first-order valence-corrected chi connectivity index (χ1v) is 9.08. The zero-order valence-corrected chi connectivity index (χ0v) is 16.4. The highest BCUT2D eigenvalue weighted by Gasteiger charge is 2.24. The summed E-state index contributed by atoms with van der Waals surface area (Å²) >= 11 is 0. The molecule has 0 bridgehead atoms. The molecule has 1 heterocycles. The molecule has 1 aliphatic heterocycles. The maximum absolute atomic E-state index is 12.1. The number of Topliss-reactive ketones (excluding diaryl/α,β-unsaturated/α-hetero) is 1. The van der Waals surface area contributed by atoms with Crippen molar-refractivity contribution in [1.29, 1.82) is 0 Å². The SMILES string of the molecule is CC(COC(C)(C)C)N1CCN(CC(=O)CCC(C)(C)C)CC1. The molecule has 0 spiro atoms. The lowest BCUT2D eigenvalue weighted by Gasteiger charge is -2.38. The summed E-state index contributed by atoms with van der Waals surface area (Å²) in [7, 11) is 0. The Morgan fingerprint density at radius 2 is 1.61 bits per heavy atom. The fourth-order valence-electron chi connectivity index (χ4n) is 2.68. The number of carbonyl (C=O) groups is 1. The van der Waals surface area contributed by atoms with Crippen LogP contribution in [0.4, 0.5) is 0 Å².